The van der Waals surface area contributed by atoms with Gasteiger partial charge in [0, 0.05) is 25.2 Å². The lowest BCUT2D eigenvalue weighted by molar-refractivity contribution is 0.568. The second-order valence-corrected chi connectivity index (χ2v) is 2.64. The van der Waals surface area contributed by atoms with Gasteiger partial charge in [0.05, 0.1) is 6.07 Å². The molecule has 0 aliphatic carbocycles. The highest BCUT2D eigenvalue weighted by molar-refractivity contribution is 4.96. The third-order valence-electron chi connectivity index (χ3n) is 1.63. The molecule has 13 heavy (non-hydrogen) atoms. The average Bonchev–Trinajstić information content (AvgIpc) is 2.11. The summed E-state index contributed by atoms with van der Waals surface area (Å²) in [4.78, 5) is 11.1. The zero-order valence-electron chi connectivity index (χ0n) is 7.03. The smallest absolute Gasteiger partial charge is 0.250 e. The first-order valence-electron chi connectivity index (χ1n) is 3.97. The van der Waals surface area contributed by atoms with E-state index in [-0.39, 0.29) is 5.56 Å². The zero-order valence-corrected chi connectivity index (χ0v) is 7.03. The number of nitrogens with zero attached hydrogens (tertiary/aromatic N) is 2. The van der Waals surface area contributed by atoms with Gasteiger partial charge in [-0.3, -0.25) is 4.79 Å². The predicted molar refractivity (Wildman–Crippen MR) is 45.5 cm³/mol. The van der Waals surface area contributed by atoms with Crippen molar-refractivity contribution in [1.82, 2.24) is 4.57 Å². The van der Waals surface area contributed by atoms with E-state index >= 15 is 0 Å². The van der Waals surface area contributed by atoms with Crippen LogP contribution in [0.15, 0.2) is 23.1 Å². The van der Waals surface area contributed by atoms with Crippen molar-refractivity contribution in [2.75, 3.05) is 0 Å². The van der Waals surface area contributed by atoms with Crippen LogP contribution in [0.25, 0.3) is 0 Å². The number of aryl methyl sites for hydroxylation is 1. The van der Waals surface area contributed by atoms with E-state index in [1.165, 1.54) is 10.6 Å². The average molecular weight is 180 g/mol. The van der Waals surface area contributed by atoms with Crippen molar-refractivity contribution < 1.29 is 4.39 Å². The summed E-state index contributed by atoms with van der Waals surface area (Å²) >= 11 is 0. The molecule has 0 aliphatic rings. The van der Waals surface area contributed by atoms with Crippen LogP contribution >= 0.6 is 0 Å². The number of nitriles is 1. The van der Waals surface area contributed by atoms with Crippen LogP contribution in [0.5, 0.6) is 0 Å². The van der Waals surface area contributed by atoms with Crippen LogP contribution in [0.3, 0.4) is 0 Å². The minimum atomic E-state index is -0.434. The van der Waals surface area contributed by atoms with Gasteiger partial charge >= 0.3 is 0 Å². The number of halogens is 1. The Bertz CT molecular complexity index is 378. The first kappa shape index (κ1) is 9.46. The highest BCUT2D eigenvalue weighted by atomic mass is 19.1. The zero-order chi connectivity index (χ0) is 9.68. The van der Waals surface area contributed by atoms with Crippen molar-refractivity contribution in [2.24, 2.45) is 0 Å². The van der Waals surface area contributed by atoms with E-state index < -0.39 is 5.82 Å². The Hall–Kier alpha value is -1.63. The fraction of sp³-hybridized carbons (Fsp3) is 0.333. The fourth-order valence-electron chi connectivity index (χ4n) is 1.01. The maximum absolute atomic E-state index is 12.6. The monoisotopic (exact) mass is 180 g/mol. The van der Waals surface area contributed by atoms with Gasteiger partial charge in [-0.15, -0.1) is 0 Å². The van der Waals surface area contributed by atoms with E-state index in [9.17, 15) is 9.18 Å². The van der Waals surface area contributed by atoms with Crippen molar-refractivity contribution >= 4 is 0 Å². The van der Waals surface area contributed by atoms with Gasteiger partial charge in [0.2, 0.25) is 0 Å². The number of hydrogen-bond acceptors (Lipinski definition) is 2. The molecule has 0 saturated carbocycles. The number of hydrogen-bond donors (Lipinski definition) is 0. The quantitative estimate of drug-likeness (QED) is 0.658. The molecule has 0 saturated heterocycles. The summed E-state index contributed by atoms with van der Waals surface area (Å²) in [7, 11) is 0. The molecule has 0 N–H and O–H groups in total. The van der Waals surface area contributed by atoms with Crippen molar-refractivity contribution in [3.63, 3.8) is 0 Å². The van der Waals surface area contributed by atoms with Gasteiger partial charge in [-0.2, -0.15) is 5.26 Å². The van der Waals surface area contributed by atoms with Crippen molar-refractivity contribution in [1.29, 1.82) is 5.26 Å². The van der Waals surface area contributed by atoms with Gasteiger partial charge in [0.15, 0.2) is 0 Å². The van der Waals surface area contributed by atoms with Gasteiger partial charge < -0.3 is 4.57 Å². The lowest BCUT2D eigenvalue weighted by Crippen LogP contribution is -2.18. The topological polar surface area (TPSA) is 45.8 Å². The molecule has 0 aromatic carbocycles. The molecular formula is C9H9FN2O. The molecule has 1 rings (SSSR count). The van der Waals surface area contributed by atoms with E-state index in [0.717, 1.165) is 12.3 Å². The lowest BCUT2D eigenvalue weighted by atomic mass is 10.3. The second-order valence-electron chi connectivity index (χ2n) is 2.64. The highest BCUT2D eigenvalue weighted by Gasteiger charge is 1.96. The van der Waals surface area contributed by atoms with Gasteiger partial charge in [-0.25, -0.2) is 4.39 Å². The van der Waals surface area contributed by atoms with Crippen LogP contribution in [0.2, 0.25) is 0 Å². The molecule has 0 spiro atoms. The molecule has 0 atom stereocenters. The van der Waals surface area contributed by atoms with Crippen molar-refractivity contribution in [3.05, 3.63) is 34.5 Å². The Morgan fingerprint density at radius 3 is 3.00 bits per heavy atom. The van der Waals surface area contributed by atoms with Crippen LogP contribution in [-0.2, 0) is 6.54 Å². The van der Waals surface area contributed by atoms with Crippen LogP contribution in [0, 0.1) is 17.1 Å². The summed E-state index contributed by atoms with van der Waals surface area (Å²) in [5, 5.41) is 8.26. The minimum absolute atomic E-state index is 0.237. The molecule has 0 amide bonds. The molecule has 0 radical (unpaired) electrons. The summed E-state index contributed by atoms with van der Waals surface area (Å²) in [5.74, 6) is -0.434. The molecular weight excluding hydrogens is 171 g/mol. The van der Waals surface area contributed by atoms with E-state index in [1.807, 2.05) is 6.07 Å². The Kier molecular flexibility index (Phi) is 3.21. The first-order chi connectivity index (χ1) is 6.24. The molecule has 4 heteroatoms. The normalized spacial score (nSPS) is 9.54. The summed E-state index contributed by atoms with van der Waals surface area (Å²) in [6.07, 6.45) is 2.10. The summed E-state index contributed by atoms with van der Waals surface area (Å²) in [5.41, 5.74) is -0.237. The Morgan fingerprint density at radius 1 is 1.54 bits per heavy atom. The van der Waals surface area contributed by atoms with Gasteiger partial charge in [0.1, 0.15) is 5.82 Å². The van der Waals surface area contributed by atoms with E-state index in [4.69, 9.17) is 5.26 Å². The van der Waals surface area contributed by atoms with Gasteiger partial charge in [-0.05, 0) is 12.5 Å². The number of pyridine rings is 1. The highest BCUT2D eigenvalue weighted by Crippen LogP contribution is 1.95. The van der Waals surface area contributed by atoms with E-state index in [2.05, 4.69) is 0 Å². The minimum Gasteiger partial charge on any atom is -0.313 e. The number of unbranched alkanes of at least 4 members (excludes halogenated alkanes) is 1. The van der Waals surface area contributed by atoms with E-state index in [1.54, 1.807) is 0 Å². The first-order valence-corrected chi connectivity index (χ1v) is 3.97. The van der Waals surface area contributed by atoms with Crippen LogP contribution in [0.1, 0.15) is 12.8 Å². The summed E-state index contributed by atoms with van der Waals surface area (Å²) < 4.78 is 13.9. The molecule has 1 aromatic heterocycles. The summed E-state index contributed by atoms with van der Waals surface area (Å²) in [6.45, 7) is 0.393. The molecule has 3 nitrogen and oxygen atoms in total. The molecule has 0 aliphatic heterocycles. The van der Waals surface area contributed by atoms with E-state index in [0.29, 0.717) is 19.4 Å². The molecule has 68 valence electrons. The Labute approximate surface area is 75.0 Å². The molecule has 0 fully saturated rings. The van der Waals surface area contributed by atoms with Crippen LogP contribution in [-0.4, -0.2) is 4.57 Å². The van der Waals surface area contributed by atoms with Crippen molar-refractivity contribution in [2.45, 2.75) is 19.4 Å². The molecule has 0 unspecified atom stereocenters. The maximum Gasteiger partial charge on any atom is 0.250 e. The standard InChI is InChI=1S/C9H9FN2O/c10-8-3-4-9(13)12(7-8)6-2-1-5-11/h3-4,7H,1-2,6H2. The van der Waals surface area contributed by atoms with Crippen LogP contribution < -0.4 is 5.56 Å². The maximum atomic E-state index is 12.6. The largest absolute Gasteiger partial charge is 0.313 e. The summed E-state index contributed by atoms with van der Waals surface area (Å²) in [6, 6.07) is 4.27. The SMILES string of the molecule is N#CCCCn1cc(F)ccc1=O. The Balaban J connectivity index is 2.71. The molecule has 1 aromatic rings. The molecule has 1 heterocycles. The second kappa shape index (κ2) is 4.41. The number of aromatic nitrogens is 1. The third-order valence-corrected chi connectivity index (χ3v) is 1.63. The Morgan fingerprint density at radius 2 is 2.31 bits per heavy atom. The van der Waals surface area contributed by atoms with Gasteiger partial charge in [0.25, 0.3) is 5.56 Å². The third kappa shape index (κ3) is 2.71. The van der Waals surface area contributed by atoms with Crippen molar-refractivity contribution in [3.8, 4) is 6.07 Å². The van der Waals surface area contributed by atoms with Gasteiger partial charge in [-0.1, -0.05) is 0 Å². The fourth-order valence-corrected chi connectivity index (χ4v) is 1.01. The lowest BCUT2D eigenvalue weighted by Gasteiger charge is -2.02. The number of rotatable bonds is 3. The predicted octanol–water partition coefficient (Wildman–Crippen LogP) is 1.29. The molecule has 0 bridgehead atoms. The van der Waals surface area contributed by atoms with Crippen LogP contribution in [0.4, 0.5) is 4.39 Å².